The van der Waals surface area contributed by atoms with Gasteiger partial charge in [-0.25, -0.2) is 4.98 Å². The largest absolute Gasteiger partial charge is 0.241 e. The van der Waals surface area contributed by atoms with Crippen LogP contribution in [0.3, 0.4) is 0 Å². The second kappa shape index (κ2) is 4.23. The minimum Gasteiger partial charge on any atom is -0.241 e. The van der Waals surface area contributed by atoms with E-state index in [4.69, 9.17) is 5.53 Å². The summed E-state index contributed by atoms with van der Waals surface area (Å²) in [5, 5.41) is 10.4. The first-order chi connectivity index (χ1) is 6.90. The van der Waals surface area contributed by atoms with Crippen LogP contribution in [0, 0.1) is 0 Å². The molecule has 4 nitrogen and oxygen atoms in total. The van der Waals surface area contributed by atoms with Crippen LogP contribution in [-0.4, -0.2) is 4.98 Å². The zero-order valence-electron chi connectivity index (χ0n) is 7.12. The van der Waals surface area contributed by atoms with Crippen LogP contribution in [0.1, 0.15) is 5.69 Å². The molecule has 0 radical (unpaired) electrons. The number of rotatable bonds is 3. The summed E-state index contributed by atoms with van der Waals surface area (Å²) in [6.07, 6.45) is 0. The molecule has 0 saturated carbocycles. The fourth-order valence-electron chi connectivity index (χ4n) is 1.00. The second-order valence-corrected chi connectivity index (χ2v) is 4.18. The predicted octanol–water partition coefficient (Wildman–Crippen LogP) is 3.68. The molecule has 0 saturated heterocycles. The molecule has 0 fully saturated rings. The van der Waals surface area contributed by atoms with Crippen LogP contribution in [0.4, 0.5) is 0 Å². The molecule has 0 aromatic carbocycles. The van der Waals surface area contributed by atoms with Gasteiger partial charge in [-0.2, -0.15) is 11.3 Å². The first-order valence-electron chi connectivity index (χ1n) is 3.88. The van der Waals surface area contributed by atoms with Crippen LogP contribution in [0.15, 0.2) is 27.3 Å². The fourth-order valence-corrected chi connectivity index (χ4v) is 2.53. The van der Waals surface area contributed by atoms with Gasteiger partial charge in [-0.15, -0.1) is 11.3 Å². The molecule has 0 bridgehead atoms. The number of hydrogen-bond acceptors (Lipinski definition) is 4. The van der Waals surface area contributed by atoms with E-state index in [-0.39, 0.29) is 0 Å². The van der Waals surface area contributed by atoms with Crippen LogP contribution in [0.25, 0.3) is 21.0 Å². The van der Waals surface area contributed by atoms with E-state index in [1.54, 1.807) is 22.7 Å². The average Bonchev–Trinajstić information content (AvgIpc) is 2.85. The maximum atomic E-state index is 8.15. The third-order valence-corrected chi connectivity index (χ3v) is 3.24. The van der Waals surface area contributed by atoms with Gasteiger partial charge in [0.2, 0.25) is 0 Å². The van der Waals surface area contributed by atoms with Crippen molar-refractivity contribution in [3.05, 3.63) is 38.3 Å². The summed E-state index contributed by atoms with van der Waals surface area (Å²) >= 11 is 3.22. The van der Waals surface area contributed by atoms with E-state index >= 15 is 0 Å². The predicted molar refractivity (Wildman–Crippen MR) is 58.3 cm³/mol. The highest BCUT2D eigenvalue weighted by molar-refractivity contribution is 7.14. The van der Waals surface area contributed by atoms with E-state index in [1.165, 1.54) is 0 Å². The molecular weight excluding hydrogens is 216 g/mol. The number of aromatic nitrogens is 1. The van der Waals surface area contributed by atoms with Crippen LogP contribution in [0.5, 0.6) is 0 Å². The minimum atomic E-state index is 0.330. The lowest BCUT2D eigenvalue weighted by molar-refractivity contribution is 0.997. The van der Waals surface area contributed by atoms with Crippen molar-refractivity contribution in [1.82, 2.24) is 4.98 Å². The molecule has 0 N–H and O–H groups in total. The smallest absolute Gasteiger partial charge is 0.124 e. The average molecular weight is 222 g/mol. The molecule has 2 aromatic rings. The summed E-state index contributed by atoms with van der Waals surface area (Å²) in [6.45, 7) is 0.330. The van der Waals surface area contributed by atoms with Crippen molar-refractivity contribution < 1.29 is 0 Å². The number of azide groups is 1. The molecule has 2 aromatic heterocycles. The number of nitrogens with zero attached hydrogens (tertiary/aromatic N) is 4. The van der Waals surface area contributed by atoms with Crippen molar-refractivity contribution in [1.29, 1.82) is 0 Å². The van der Waals surface area contributed by atoms with Crippen LogP contribution in [-0.2, 0) is 6.54 Å². The third-order valence-electron chi connectivity index (χ3n) is 1.62. The van der Waals surface area contributed by atoms with Crippen molar-refractivity contribution in [2.45, 2.75) is 6.54 Å². The highest BCUT2D eigenvalue weighted by Gasteiger charge is 2.03. The Morgan fingerprint density at radius 1 is 1.50 bits per heavy atom. The Hall–Kier alpha value is -1.36. The molecule has 0 amide bonds. The first-order valence-corrected chi connectivity index (χ1v) is 5.70. The molecule has 70 valence electrons. The van der Waals surface area contributed by atoms with Gasteiger partial charge in [-0.05, 0) is 17.0 Å². The van der Waals surface area contributed by atoms with E-state index in [2.05, 4.69) is 20.4 Å². The third kappa shape index (κ3) is 1.93. The SMILES string of the molecule is [N-]=[N+]=NCc1csc(-c2ccsc2)n1. The van der Waals surface area contributed by atoms with Gasteiger partial charge in [-0.3, -0.25) is 0 Å². The summed E-state index contributed by atoms with van der Waals surface area (Å²) in [4.78, 5) is 7.05. The molecule has 2 rings (SSSR count). The lowest BCUT2D eigenvalue weighted by Crippen LogP contribution is -1.79. The van der Waals surface area contributed by atoms with Gasteiger partial charge in [-0.1, -0.05) is 5.11 Å². The van der Waals surface area contributed by atoms with Crippen molar-refractivity contribution in [2.24, 2.45) is 5.11 Å². The highest BCUT2D eigenvalue weighted by Crippen LogP contribution is 2.25. The van der Waals surface area contributed by atoms with Gasteiger partial charge in [0.15, 0.2) is 0 Å². The Labute approximate surface area is 88.5 Å². The molecule has 0 unspecified atom stereocenters. The second-order valence-electron chi connectivity index (χ2n) is 2.54. The Morgan fingerprint density at radius 3 is 3.14 bits per heavy atom. The molecule has 0 atom stereocenters. The van der Waals surface area contributed by atoms with Crippen molar-refractivity contribution >= 4 is 22.7 Å². The van der Waals surface area contributed by atoms with E-state index in [0.29, 0.717) is 6.54 Å². The Morgan fingerprint density at radius 2 is 2.43 bits per heavy atom. The van der Waals surface area contributed by atoms with E-state index in [0.717, 1.165) is 16.3 Å². The van der Waals surface area contributed by atoms with E-state index < -0.39 is 0 Å². The first kappa shape index (κ1) is 9.21. The summed E-state index contributed by atoms with van der Waals surface area (Å²) in [5.41, 5.74) is 10.1. The maximum Gasteiger partial charge on any atom is 0.124 e. The number of thiophene rings is 1. The summed E-state index contributed by atoms with van der Waals surface area (Å²) in [5.74, 6) is 0. The Kier molecular flexibility index (Phi) is 2.78. The van der Waals surface area contributed by atoms with Crippen LogP contribution < -0.4 is 0 Å². The van der Waals surface area contributed by atoms with Gasteiger partial charge in [0.1, 0.15) is 5.01 Å². The number of hydrogen-bond donors (Lipinski definition) is 0. The summed E-state index contributed by atoms with van der Waals surface area (Å²) in [6, 6.07) is 2.03. The highest BCUT2D eigenvalue weighted by atomic mass is 32.1. The normalized spacial score (nSPS) is 9.71. The van der Waals surface area contributed by atoms with Gasteiger partial charge < -0.3 is 0 Å². The van der Waals surface area contributed by atoms with E-state index in [1.807, 2.05) is 16.8 Å². The molecule has 0 spiro atoms. The van der Waals surface area contributed by atoms with Crippen molar-refractivity contribution in [3.8, 4) is 10.6 Å². The van der Waals surface area contributed by atoms with Gasteiger partial charge in [0.25, 0.3) is 0 Å². The molecule has 14 heavy (non-hydrogen) atoms. The molecule has 0 aliphatic rings. The molecule has 6 heteroatoms. The quantitative estimate of drug-likeness (QED) is 0.444. The fraction of sp³-hybridized carbons (Fsp3) is 0.125. The lowest BCUT2D eigenvalue weighted by atomic mass is 10.4. The minimum absolute atomic E-state index is 0.330. The molecular formula is C8H6N4S2. The number of thiazole rings is 1. The van der Waals surface area contributed by atoms with Gasteiger partial charge in [0, 0.05) is 21.2 Å². The zero-order valence-corrected chi connectivity index (χ0v) is 8.75. The van der Waals surface area contributed by atoms with Crippen molar-refractivity contribution in [3.63, 3.8) is 0 Å². The monoisotopic (exact) mass is 222 g/mol. The molecule has 0 aliphatic carbocycles. The Bertz CT molecular complexity index is 453. The summed E-state index contributed by atoms with van der Waals surface area (Å²) in [7, 11) is 0. The Balaban J connectivity index is 2.22. The molecule has 0 aliphatic heterocycles. The van der Waals surface area contributed by atoms with E-state index in [9.17, 15) is 0 Å². The zero-order chi connectivity index (χ0) is 9.80. The summed E-state index contributed by atoms with van der Waals surface area (Å²) < 4.78 is 0. The molecule has 2 heterocycles. The van der Waals surface area contributed by atoms with Crippen LogP contribution in [0.2, 0.25) is 0 Å². The lowest BCUT2D eigenvalue weighted by Gasteiger charge is -1.87. The van der Waals surface area contributed by atoms with Gasteiger partial charge >= 0.3 is 0 Å². The topological polar surface area (TPSA) is 61.7 Å². The van der Waals surface area contributed by atoms with Gasteiger partial charge in [0.05, 0.1) is 12.2 Å². The van der Waals surface area contributed by atoms with Crippen LogP contribution >= 0.6 is 22.7 Å². The van der Waals surface area contributed by atoms with Crippen molar-refractivity contribution in [2.75, 3.05) is 0 Å². The standard InChI is InChI=1S/C8H6N4S2/c9-12-10-3-7-5-14-8(11-7)6-1-2-13-4-6/h1-2,4-5H,3H2. The maximum absolute atomic E-state index is 8.15.